The van der Waals surface area contributed by atoms with Crippen LogP contribution in [-0.4, -0.2) is 21.3 Å². The summed E-state index contributed by atoms with van der Waals surface area (Å²) in [5.41, 5.74) is 6.94. The number of nitriles is 1. The number of benzene rings is 2. The van der Waals surface area contributed by atoms with Gasteiger partial charge in [-0.15, -0.1) is 13.2 Å². The lowest BCUT2D eigenvalue weighted by Gasteiger charge is -2.08. The highest BCUT2D eigenvalue weighted by Gasteiger charge is 2.30. The molecular weight excluding hydrogens is 385 g/mol. The number of allylic oxidation sites excluding steroid dienone is 1. The average Bonchev–Trinajstić information content (AvgIpc) is 2.66. The molecule has 0 bridgehead atoms. The molecule has 0 saturated heterocycles. The quantitative estimate of drug-likeness (QED) is 0.621. The van der Waals surface area contributed by atoms with Gasteiger partial charge in [0.15, 0.2) is 5.82 Å². The maximum absolute atomic E-state index is 12.2. The Balaban J connectivity index is 1.86. The summed E-state index contributed by atoms with van der Waals surface area (Å²) in [6.07, 6.45) is -3.36. The van der Waals surface area contributed by atoms with E-state index in [2.05, 4.69) is 25.0 Å². The highest BCUT2D eigenvalue weighted by Crippen LogP contribution is 2.24. The minimum atomic E-state index is -4.78. The minimum absolute atomic E-state index is 0.0223. The molecule has 0 spiro atoms. The number of hydrogen-bond donors (Lipinski definition) is 2. The smallest absolute Gasteiger partial charge is 0.406 e. The number of halogens is 3. The summed E-state index contributed by atoms with van der Waals surface area (Å²) in [4.78, 5) is 12.1. The van der Waals surface area contributed by atoms with Crippen LogP contribution in [0.15, 0.2) is 54.6 Å². The lowest BCUT2D eigenvalue weighted by molar-refractivity contribution is -0.274. The molecule has 1 aromatic heterocycles. The van der Waals surface area contributed by atoms with Gasteiger partial charge in [0.25, 0.3) is 0 Å². The molecule has 0 atom stereocenters. The lowest BCUT2D eigenvalue weighted by atomic mass is 10.1. The number of rotatable bonds is 5. The molecule has 0 saturated carbocycles. The summed E-state index contributed by atoms with van der Waals surface area (Å²) in [6.45, 7) is 0. The molecule has 146 valence electrons. The van der Waals surface area contributed by atoms with Crippen LogP contribution in [0.1, 0.15) is 11.4 Å². The van der Waals surface area contributed by atoms with Crippen LogP contribution in [0.25, 0.3) is 11.6 Å². The van der Waals surface area contributed by atoms with E-state index in [0.717, 1.165) is 12.1 Å². The fourth-order valence-corrected chi connectivity index (χ4v) is 2.30. The molecule has 3 N–H and O–H groups in total. The van der Waals surface area contributed by atoms with Crippen LogP contribution in [0.4, 0.5) is 30.8 Å². The molecule has 10 heteroatoms. The number of ether oxygens (including phenoxy) is 1. The monoisotopic (exact) mass is 398 g/mol. The molecule has 0 fully saturated rings. The van der Waals surface area contributed by atoms with Gasteiger partial charge in [0, 0.05) is 5.69 Å². The molecule has 0 aliphatic heterocycles. The molecule has 3 rings (SSSR count). The molecule has 7 nitrogen and oxygen atoms in total. The first kappa shape index (κ1) is 19.6. The summed E-state index contributed by atoms with van der Waals surface area (Å²) in [7, 11) is 0. The third kappa shape index (κ3) is 5.67. The van der Waals surface area contributed by atoms with E-state index in [1.54, 1.807) is 12.1 Å². The fraction of sp³-hybridized carbons (Fsp3) is 0.0526. The maximum atomic E-state index is 12.2. The predicted octanol–water partition coefficient (Wildman–Crippen LogP) is 4.16. The van der Waals surface area contributed by atoms with Crippen molar-refractivity contribution in [2.75, 3.05) is 11.1 Å². The van der Waals surface area contributed by atoms with Crippen molar-refractivity contribution in [1.82, 2.24) is 15.0 Å². The van der Waals surface area contributed by atoms with Crippen molar-refractivity contribution in [3.63, 3.8) is 0 Å². The van der Waals surface area contributed by atoms with Gasteiger partial charge < -0.3 is 15.8 Å². The summed E-state index contributed by atoms with van der Waals surface area (Å²) in [5, 5.41) is 12.4. The molecule has 0 radical (unpaired) electrons. The number of hydrogen-bond acceptors (Lipinski definition) is 7. The zero-order chi connectivity index (χ0) is 20.9. The average molecular weight is 398 g/mol. The van der Waals surface area contributed by atoms with Gasteiger partial charge in [-0.25, -0.2) is 0 Å². The van der Waals surface area contributed by atoms with Crippen LogP contribution >= 0.6 is 0 Å². The molecule has 29 heavy (non-hydrogen) atoms. The first-order valence-electron chi connectivity index (χ1n) is 8.14. The van der Waals surface area contributed by atoms with Gasteiger partial charge in [-0.2, -0.15) is 20.2 Å². The van der Waals surface area contributed by atoms with Crippen LogP contribution in [0.5, 0.6) is 5.75 Å². The number of nitrogens with one attached hydrogen (secondary N) is 1. The highest BCUT2D eigenvalue weighted by molar-refractivity contribution is 5.87. The van der Waals surface area contributed by atoms with Crippen LogP contribution in [0.2, 0.25) is 0 Å². The van der Waals surface area contributed by atoms with Gasteiger partial charge in [0.2, 0.25) is 11.9 Å². The second-order valence-corrected chi connectivity index (χ2v) is 5.62. The predicted molar refractivity (Wildman–Crippen MR) is 101 cm³/mol. The van der Waals surface area contributed by atoms with E-state index in [4.69, 9.17) is 5.73 Å². The number of anilines is 3. The molecule has 3 aromatic rings. The van der Waals surface area contributed by atoms with Crippen LogP contribution in [0.3, 0.4) is 0 Å². The Labute approximate surface area is 163 Å². The first-order chi connectivity index (χ1) is 13.8. The van der Waals surface area contributed by atoms with Crippen molar-refractivity contribution in [3.05, 3.63) is 66.0 Å². The zero-order valence-electron chi connectivity index (χ0n) is 14.7. The SMILES string of the molecule is N#C/C(=C\c1ccc(OC(F)(F)F)cc1)c1nc(N)nc(Nc2ccccc2)n1. The number of para-hydroxylation sites is 1. The van der Waals surface area contributed by atoms with Gasteiger partial charge in [-0.05, 0) is 35.9 Å². The number of nitrogen functional groups attached to an aromatic ring is 1. The second-order valence-electron chi connectivity index (χ2n) is 5.62. The van der Waals surface area contributed by atoms with Crippen LogP contribution < -0.4 is 15.8 Å². The van der Waals surface area contributed by atoms with Gasteiger partial charge in [0.1, 0.15) is 11.8 Å². The summed E-state index contributed by atoms with van der Waals surface area (Å²) < 4.78 is 40.5. The summed E-state index contributed by atoms with van der Waals surface area (Å²) in [6, 6.07) is 16.0. The molecule has 2 aromatic carbocycles. The molecule has 1 heterocycles. The van der Waals surface area contributed by atoms with Crippen molar-refractivity contribution in [2.45, 2.75) is 6.36 Å². The van der Waals surface area contributed by atoms with Gasteiger partial charge in [-0.3, -0.25) is 0 Å². The highest BCUT2D eigenvalue weighted by atomic mass is 19.4. The molecule has 0 aliphatic rings. The Morgan fingerprint density at radius 1 is 1.03 bits per heavy atom. The first-order valence-corrected chi connectivity index (χ1v) is 8.14. The van der Waals surface area contributed by atoms with E-state index < -0.39 is 6.36 Å². The van der Waals surface area contributed by atoms with E-state index >= 15 is 0 Å². The maximum Gasteiger partial charge on any atom is 0.573 e. The molecule has 0 aliphatic carbocycles. The van der Waals surface area contributed by atoms with Crippen LogP contribution in [0, 0.1) is 11.3 Å². The summed E-state index contributed by atoms with van der Waals surface area (Å²) >= 11 is 0. The molecule has 0 unspecified atom stereocenters. The largest absolute Gasteiger partial charge is 0.573 e. The van der Waals surface area contributed by atoms with Crippen molar-refractivity contribution in [3.8, 4) is 11.8 Å². The van der Waals surface area contributed by atoms with E-state index in [9.17, 15) is 18.4 Å². The van der Waals surface area contributed by atoms with E-state index in [0.29, 0.717) is 11.3 Å². The van der Waals surface area contributed by atoms with E-state index in [1.165, 1.54) is 18.2 Å². The van der Waals surface area contributed by atoms with E-state index in [1.807, 2.05) is 24.3 Å². The Kier molecular flexibility index (Phi) is 5.59. The molecule has 0 amide bonds. The Hall–Kier alpha value is -4.13. The van der Waals surface area contributed by atoms with E-state index in [-0.39, 0.29) is 29.0 Å². The van der Waals surface area contributed by atoms with Crippen molar-refractivity contribution >= 4 is 29.2 Å². The standard InChI is InChI=1S/C19H13F3N6O/c20-19(21,22)29-15-8-6-12(7-9-15)10-13(11-23)16-26-17(24)28-18(27-16)25-14-4-2-1-3-5-14/h1-10H,(H3,24,25,26,27,28)/b13-10+. The topological polar surface area (TPSA) is 110 Å². The van der Waals surface area contributed by atoms with Crippen LogP contribution in [-0.2, 0) is 0 Å². The third-order valence-electron chi connectivity index (χ3n) is 3.47. The number of nitrogens with two attached hydrogens (primary N) is 1. The van der Waals surface area contributed by atoms with Crippen molar-refractivity contribution in [1.29, 1.82) is 5.26 Å². The normalized spacial score (nSPS) is 11.6. The Morgan fingerprint density at radius 2 is 1.72 bits per heavy atom. The summed E-state index contributed by atoms with van der Waals surface area (Å²) in [5.74, 6) is -0.293. The minimum Gasteiger partial charge on any atom is -0.406 e. The third-order valence-corrected chi connectivity index (χ3v) is 3.47. The lowest BCUT2D eigenvalue weighted by Crippen LogP contribution is -2.16. The number of nitrogens with zero attached hydrogens (tertiary/aromatic N) is 4. The Morgan fingerprint density at radius 3 is 2.34 bits per heavy atom. The fourth-order valence-electron chi connectivity index (χ4n) is 2.30. The molecular formula is C19H13F3N6O. The van der Waals surface area contributed by atoms with Crippen molar-refractivity contribution < 1.29 is 17.9 Å². The number of aromatic nitrogens is 3. The van der Waals surface area contributed by atoms with Gasteiger partial charge in [0.05, 0.1) is 5.57 Å². The van der Waals surface area contributed by atoms with Gasteiger partial charge in [-0.1, -0.05) is 30.3 Å². The zero-order valence-corrected chi connectivity index (χ0v) is 14.7. The number of alkyl halides is 3. The Bertz CT molecular complexity index is 1060. The van der Waals surface area contributed by atoms with Gasteiger partial charge >= 0.3 is 6.36 Å². The second kappa shape index (κ2) is 8.26. The van der Waals surface area contributed by atoms with Crippen molar-refractivity contribution in [2.24, 2.45) is 0 Å².